The number of aromatic nitrogens is 4. The minimum atomic E-state index is -0.534. The highest BCUT2D eigenvalue weighted by atomic mass is 16.6. The summed E-state index contributed by atoms with van der Waals surface area (Å²) in [5.41, 5.74) is 0.0627. The zero-order valence-electron chi connectivity index (χ0n) is 21.4. The van der Waals surface area contributed by atoms with Gasteiger partial charge >= 0.3 is 5.69 Å². The van der Waals surface area contributed by atoms with Crippen LogP contribution in [0.25, 0.3) is 21.8 Å². The smallest absolute Gasteiger partial charge is 0.331 e. The van der Waals surface area contributed by atoms with Gasteiger partial charge in [-0.15, -0.1) is 0 Å². The first-order chi connectivity index (χ1) is 18.4. The van der Waals surface area contributed by atoms with Crippen molar-refractivity contribution in [2.45, 2.75) is 38.8 Å². The van der Waals surface area contributed by atoms with E-state index in [0.29, 0.717) is 61.4 Å². The molecule has 38 heavy (non-hydrogen) atoms. The summed E-state index contributed by atoms with van der Waals surface area (Å²) in [6, 6.07) is 7.38. The van der Waals surface area contributed by atoms with Crippen molar-refractivity contribution in [2.24, 2.45) is 0 Å². The Morgan fingerprint density at radius 1 is 1.03 bits per heavy atom. The summed E-state index contributed by atoms with van der Waals surface area (Å²) < 4.78 is 13.7. The third kappa shape index (κ3) is 4.21. The van der Waals surface area contributed by atoms with Gasteiger partial charge in [0.25, 0.3) is 11.2 Å². The van der Waals surface area contributed by atoms with E-state index in [1.54, 1.807) is 24.9 Å². The van der Waals surface area contributed by atoms with Gasteiger partial charge in [0.05, 0.1) is 35.6 Å². The lowest BCUT2D eigenvalue weighted by Crippen LogP contribution is -2.46. The van der Waals surface area contributed by atoms with Crippen LogP contribution in [0.15, 0.2) is 46.2 Å². The van der Waals surface area contributed by atoms with Crippen LogP contribution in [0.4, 0.5) is 11.5 Å². The zero-order valence-corrected chi connectivity index (χ0v) is 21.4. The van der Waals surface area contributed by atoms with Crippen molar-refractivity contribution in [3.8, 4) is 11.5 Å². The van der Waals surface area contributed by atoms with E-state index >= 15 is 0 Å². The lowest BCUT2D eigenvalue weighted by atomic mass is 10.0. The van der Waals surface area contributed by atoms with Crippen molar-refractivity contribution >= 4 is 33.3 Å². The minimum Gasteiger partial charge on any atom is -0.493 e. The molecular weight excluding hydrogens is 492 g/mol. The summed E-state index contributed by atoms with van der Waals surface area (Å²) in [4.78, 5) is 48.8. The Morgan fingerprint density at radius 2 is 1.74 bits per heavy atom. The second-order valence-corrected chi connectivity index (χ2v) is 9.21. The highest BCUT2D eigenvalue weighted by Crippen LogP contribution is 2.36. The van der Waals surface area contributed by atoms with E-state index in [2.05, 4.69) is 14.9 Å². The fraction of sp³-hybridized carbons (Fsp3) is 0.385. The molecule has 0 atom stereocenters. The molecule has 1 aliphatic rings. The zero-order chi connectivity index (χ0) is 27.0. The number of hydrogen-bond donors (Lipinski definition) is 0. The summed E-state index contributed by atoms with van der Waals surface area (Å²) in [6.45, 7) is 3.45. The highest BCUT2D eigenvalue weighted by molar-refractivity contribution is 5.92. The maximum atomic E-state index is 13.5. The number of piperidine rings is 1. The molecule has 4 aromatic rings. The van der Waals surface area contributed by atoms with Crippen molar-refractivity contribution in [3.05, 3.63) is 67.6 Å². The number of ether oxygens (including phenoxy) is 2. The molecule has 0 bridgehead atoms. The summed E-state index contributed by atoms with van der Waals surface area (Å²) in [6.07, 6.45) is 3.23. The molecular formula is C26H28N6O6. The topological polar surface area (TPSA) is 135 Å². The van der Waals surface area contributed by atoms with Crippen molar-refractivity contribution in [2.75, 3.05) is 32.2 Å². The number of aryl methyl sites for hydroxylation is 1. The molecule has 2 aromatic heterocycles. The van der Waals surface area contributed by atoms with E-state index in [0.717, 1.165) is 11.2 Å². The van der Waals surface area contributed by atoms with Crippen LogP contribution in [0.1, 0.15) is 32.2 Å². The van der Waals surface area contributed by atoms with Gasteiger partial charge in [-0.3, -0.25) is 24.0 Å². The van der Waals surface area contributed by atoms with E-state index < -0.39 is 10.5 Å². The number of nitrogens with zero attached hydrogens (tertiary/aromatic N) is 6. The number of methoxy groups -OCH3 is 2. The molecule has 0 amide bonds. The van der Waals surface area contributed by atoms with Gasteiger partial charge < -0.3 is 14.4 Å². The molecule has 0 spiro atoms. The van der Waals surface area contributed by atoms with Gasteiger partial charge in [0.1, 0.15) is 12.1 Å². The maximum absolute atomic E-state index is 13.5. The van der Waals surface area contributed by atoms with E-state index in [1.807, 2.05) is 13.0 Å². The Labute approximate surface area is 217 Å². The third-order valence-corrected chi connectivity index (χ3v) is 7.06. The second-order valence-electron chi connectivity index (χ2n) is 9.21. The number of rotatable bonds is 7. The number of nitro benzene ring substituents is 1. The monoisotopic (exact) mass is 520 g/mol. The quantitative estimate of drug-likeness (QED) is 0.266. The first kappa shape index (κ1) is 25.2. The van der Waals surface area contributed by atoms with E-state index in [-0.39, 0.29) is 22.8 Å². The van der Waals surface area contributed by atoms with E-state index in [1.165, 1.54) is 29.1 Å². The Bertz CT molecular complexity index is 1650. The Kier molecular flexibility index (Phi) is 6.70. The standard InChI is InChI=1S/C26H28N6O6/c1-4-9-30-21-6-5-17(32(35)36)12-19(21)25(33)31(26(30)34)16-7-10-29(11-8-16)24-18-13-22(37-2)23(38-3)14-20(18)27-15-28-24/h5-6,12-16H,4,7-11H2,1-3H3. The predicted molar refractivity (Wildman–Crippen MR) is 143 cm³/mol. The van der Waals surface area contributed by atoms with Gasteiger partial charge in [-0.2, -0.15) is 0 Å². The van der Waals surface area contributed by atoms with Crippen LogP contribution in [0.5, 0.6) is 11.5 Å². The molecule has 1 fully saturated rings. The SMILES string of the molecule is CCCn1c(=O)n(C2CCN(c3ncnc4cc(OC)c(OC)cc34)CC2)c(=O)c2cc([N+](=O)[O-])ccc21. The van der Waals surface area contributed by atoms with Gasteiger partial charge in [-0.1, -0.05) is 6.92 Å². The molecule has 0 N–H and O–H groups in total. The number of hydrogen-bond acceptors (Lipinski definition) is 9. The number of fused-ring (bicyclic) bond motifs is 2. The molecule has 1 saturated heterocycles. The minimum absolute atomic E-state index is 0.178. The van der Waals surface area contributed by atoms with Gasteiger partial charge in [0.2, 0.25) is 0 Å². The van der Waals surface area contributed by atoms with Crippen LogP contribution in [0, 0.1) is 10.1 Å². The fourth-order valence-electron chi connectivity index (χ4n) is 5.21. The number of benzene rings is 2. The third-order valence-electron chi connectivity index (χ3n) is 7.06. The molecule has 0 saturated carbocycles. The van der Waals surface area contributed by atoms with Crippen LogP contribution in [-0.2, 0) is 6.54 Å². The Morgan fingerprint density at radius 3 is 2.39 bits per heavy atom. The summed E-state index contributed by atoms with van der Waals surface area (Å²) in [5, 5.41) is 12.3. The molecule has 0 aliphatic carbocycles. The second kappa shape index (κ2) is 10.1. The summed E-state index contributed by atoms with van der Waals surface area (Å²) in [5.74, 6) is 1.88. The first-order valence-electron chi connectivity index (χ1n) is 12.4. The number of non-ortho nitro benzene ring substituents is 1. The summed E-state index contributed by atoms with van der Waals surface area (Å²) in [7, 11) is 3.14. The average molecular weight is 521 g/mol. The normalized spacial score (nSPS) is 14.2. The largest absolute Gasteiger partial charge is 0.493 e. The maximum Gasteiger partial charge on any atom is 0.331 e. The van der Waals surface area contributed by atoms with Crippen molar-refractivity contribution in [3.63, 3.8) is 0 Å². The van der Waals surface area contributed by atoms with Crippen LogP contribution in [0.2, 0.25) is 0 Å². The first-order valence-corrected chi connectivity index (χ1v) is 12.4. The van der Waals surface area contributed by atoms with Gasteiger partial charge in [0.15, 0.2) is 11.5 Å². The molecule has 2 aromatic carbocycles. The van der Waals surface area contributed by atoms with Crippen LogP contribution in [0.3, 0.4) is 0 Å². The molecule has 1 aliphatic heterocycles. The van der Waals surface area contributed by atoms with Gasteiger partial charge in [-0.25, -0.2) is 14.8 Å². The molecule has 0 radical (unpaired) electrons. The molecule has 198 valence electrons. The van der Waals surface area contributed by atoms with Crippen LogP contribution >= 0.6 is 0 Å². The Balaban J connectivity index is 1.51. The molecule has 12 nitrogen and oxygen atoms in total. The Hall–Kier alpha value is -4.48. The fourth-order valence-corrected chi connectivity index (χ4v) is 5.21. The van der Waals surface area contributed by atoms with Crippen molar-refractivity contribution in [1.29, 1.82) is 0 Å². The van der Waals surface area contributed by atoms with Crippen LogP contribution in [-0.4, -0.2) is 51.3 Å². The molecule has 12 heteroatoms. The van der Waals surface area contributed by atoms with Gasteiger partial charge in [0, 0.05) is 49.3 Å². The molecule has 0 unspecified atom stereocenters. The number of nitro groups is 1. The van der Waals surface area contributed by atoms with Crippen LogP contribution < -0.4 is 25.6 Å². The van der Waals surface area contributed by atoms with Crippen molar-refractivity contribution in [1.82, 2.24) is 19.1 Å². The average Bonchev–Trinajstić information content (AvgIpc) is 2.94. The van der Waals surface area contributed by atoms with Crippen molar-refractivity contribution < 1.29 is 14.4 Å². The van der Waals surface area contributed by atoms with E-state index in [4.69, 9.17) is 9.47 Å². The van der Waals surface area contributed by atoms with E-state index in [9.17, 15) is 19.7 Å². The number of anilines is 1. The highest BCUT2D eigenvalue weighted by Gasteiger charge is 2.27. The molecule has 3 heterocycles. The lowest BCUT2D eigenvalue weighted by molar-refractivity contribution is -0.384. The summed E-state index contributed by atoms with van der Waals surface area (Å²) >= 11 is 0. The van der Waals surface area contributed by atoms with Gasteiger partial charge in [-0.05, 0) is 31.4 Å². The molecule has 5 rings (SSSR count). The lowest BCUT2D eigenvalue weighted by Gasteiger charge is -2.34. The predicted octanol–water partition coefficient (Wildman–Crippen LogP) is 3.28.